The highest BCUT2D eigenvalue weighted by atomic mass is 32.2. The number of Topliss-reactive ketones (excluding diaryl/α,β-unsaturated/α-hetero) is 1. The fourth-order valence-corrected chi connectivity index (χ4v) is 5.26. The van der Waals surface area contributed by atoms with Crippen molar-refractivity contribution in [2.75, 3.05) is 4.90 Å². The number of benzene rings is 2. The van der Waals surface area contributed by atoms with Gasteiger partial charge in [0.25, 0.3) is 5.69 Å². The molecule has 0 aromatic heterocycles. The number of nitro benzene ring substituents is 1. The average Bonchev–Trinajstić information content (AvgIpc) is 2.77. The van der Waals surface area contributed by atoms with E-state index in [2.05, 4.69) is 6.07 Å². The van der Waals surface area contributed by atoms with Crippen LogP contribution in [0.4, 0.5) is 11.4 Å². The van der Waals surface area contributed by atoms with Crippen molar-refractivity contribution in [3.05, 3.63) is 86.9 Å². The highest BCUT2D eigenvalue weighted by Crippen LogP contribution is 2.50. The van der Waals surface area contributed by atoms with Gasteiger partial charge in [-0.15, -0.1) is 0 Å². The maximum atomic E-state index is 13.5. The molecule has 180 valence electrons. The van der Waals surface area contributed by atoms with Gasteiger partial charge in [0.1, 0.15) is 5.82 Å². The van der Waals surface area contributed by atoms with E-state index in [0.717, 1.165) is 0 Å². The standard InChI is InChI=1S/C24H23N5O5S/c1-24(2)11-19-22(20(30)12-24)21(14-4-3-5-16(10-14)29(31)32)18(13-25)23(26)28(19)15-6-8-17(9-7-15)35(27,33)34/h3-10,21H,11-12,26H2,1-2H3,(H2,27,33,34)/t21-/m0/s1. The number of nitriles is 1. The average molecular weight is 494 g/mol. The number of hydrogen-bond donors (Lipinski definition) is 2. The molecule has 0 spiro atoms. The lowest BCUT2D eigenvalue weighted by molar-refractivity contribution is -0.384. The number of ketones is 1. The number of hydrogen-bond acceptors (Lipinski definition) is 8. The zero-order valence-corrected chi connectivity index (χ0v) is 19.9. The first-order chi connectivity index (χ1) is 16.3. The van der Waals surface area contributed by atoms with E-state index in [1.54, 1.807) is 11.0 Å². The van der Waals surface area contributed by atoms with Crippen LogP contribution in [0.2, 0.25) is 0 Å². The third kappa shape index (κ3) is 4.29. The topological polar surface area (TPSA) is 173 Å². The molecular formula is C24H23N5O5S. The molecule has 2 aliphatic rings. The van der Waals surface area contributed by atoms with E-state index in [1.807, 2.05) is 13.8 Å². The van der Waals surface area contributed by atoms with Crippen LogP contribution in [0.25, 0.3) is 0 Å². The molecule has 0 fully saturated rings. The molecule has 11 heteroatoms. The number of carbonyl (C=O) groups is 1. The summed E-state index contributed by atoms with van der Waals surface area (Å²) in [7, 11) is -3.92. The minimum Gasteiger partial charge on any atom is -0.384 e. The molecule has 4 N–H and O–H groups in total. The lowest BCUT2D eigenvalue weighted by Gasteiger charge is -2.43. The molecule has 0 amide bonds. The van der Waals surface area contributed by atoms with Gasteiger partial charge < -0.3 is 5.73 Å². The van der Waals surface area contributed by atoms with Gasteiger partial charge in [-0.25, -0.2) is 13.6 Å². The van der Waals surface area contributed by atoms with E-state index in [9.17, 15) is 28.6 Å². The fourth-order valence-electron chi connectivity index (χ4n) is 4.74. The lowest BCUT2D eigenvalue weighted by Crippen LogP contribution is -2.42. The molecule has 0 bridgehead atoms. The number of rotatable bonds is 4. The fraction of sp³-hybridized carbons (Fsp3) is 0.250. The number of nitrogens with zero attached hydrogens (tertiary/aromatic N) is 3. The predicted octanol–water partition coefficient (Wildman–Crippen LogP) is 3.18. The van der Waals surface area contributed by atoms with Crippen molar-refractivity contribution in [1.29, 1.82) is 5.26 Å². The van der Waals surface area contributed by atoms with Crippen LogP contribution in [0, 0.1) is 26.9 Å². The summed E-state index contributed by atoms with van der Waals surface area (Å²) in [5.41, 5.74) is 7.82. The summed E-state index contributed by atoms with van der Waals surface area (Å²) >= 11 is 0. The van der Waals surface area contributed by atoms with Gasteiger partial charge in [0.2, 0.25) is 10.0 Å². The Labute approximate surface area is 202 Å². The molecule has 10 nitrogen and oxygen atoms in total. The second-order valence-electron chi connectivity index (χ2n) is 9.37. The van der Waals surface area contributed by atoms with E-state index in [4.69, 9.17) is 10.9 Å². The molecule has 0 unspecified atom stereocenters. The van der Waals surface area contributed by atoms with E-state index >= 15 is 0 Å². The number of nitro groups is 1. The number of non-ortho nitro benzene ring substituents is 1. The molecule has 2 aromatic carbocycles. The third-order valence-electron chi connectivity index (χ3n) is 6.22. The summed E-state index contributed by atoms with van der Waals surface area (Å²) in [5, 5.41) is 26.7. The Morgan fingerprint density at radius 2 is 1.83 bits per heavy atom. The van der Waals surface area contributed by atoms with Crippen molar-refractivity contribution in [1.82, 2.24) is 0 Å². The number of carbonyl (C=O) groups excluding carboxylic acids is 1. The van der Waals surface area contributed by atoms with Gasteiger partial charge in [0.05, 0.1) is 27.4 Å². The van der Waals surface area contributed by atoms with E-state index in [0.29, 0.717) is 28.9 Å². The van der Waals surface area contributed by atoms with Crippen molar-refractivity contribution in [3.8, 4) is 6.07 Å². The smallest absolute Gasteiger partial charge is 0.269 e. The predicted molar refractivity (Wildman–Crippen MR) is 128 cm³/mol. The van der Waals surface area contributed by atoms with Crippen LogP contribution in [0.15, 0.2) is 76.1 Å². The number of anilines is 1. The van der Waals surface area contributed by atoms with Crippen LogP contribution in [0.1, 0.15) is 38.2 Å². The number of sulfonamides is 1. The van der Waals surface area contributed by atoms with Crippen molar-refractivity contribution < 1.29 is 18.1 Å². The molecule has 2 aromatic rings. The van der Waals surface area contributed by atoms with Gasteiger partial charge in [0.15, 0.2) is 5.78 Å². The summed E-state index contributed by atoms with van der Waals surface area (Å²) in [4.78, 5) is 25.8. The largest absolute Gasteiger partial charge is 0.384 e. The summed E-state index contributed by atoms with van der Waals surface area (Å²) in [6, 6.07) is 13.6. The molecule has 1 aliphatic carbocycles. The van der Waals surface area contributed by atoms with E-state index < -0.39 is 26.3 Å². The van der Waals surface area contributed by atoms with Crippen LogP contribution in [0.3, 0.4) is 0 Å². The molecule has 1 atom stereocenters. The third-order valence-corrected chi connectivity index (χ3v) is 7.15. The Morgan fingerprint density at radius 1 is 1.17 bits per heavy atom. The normalized spacial score (nSPS) is 19.9. The van der Waals surface area contributed by atoms with Gasteiger partial charge in [-0.3, -0.25) is 19.8 Å². The molecule has 0 saturated heterocycles. The molecule has 1 aliphatic heterocycles. The first-order valence-electron chi connectivity index (χ1n) is 10.7. The Balaban J connectivity index is 1.97. The van der Waals surface area contributed by atoms with Crippen molar-refractivity contribution >= 4 is 27.2 Å². The molecule has 0 radical (unpaired) electrons. The maximum Gasteiger partial charge on any atom is 0.269 e. The van der Waals surface area contributed by atoms with Gasteiger partial charge in [0, 0.05) is 35.5 Å². The van der Waals surface area contributed by atoms with Crippen molar-refractivity contribution in [2.45, 2.75) is 37.5 Å². The van der Waals surface area contributed by atoms with Crippen LogP contribution in [-0.4, -0.2) is 19.1 Å². The van der Waals surface area contributed by atoms with Gasteiger partial charge in [-0.2, -0.15) is 5.26 Å². The zero-order valence-electron chi connectivity index (χ0n) is 19.1. The van der Waals surface area contributed by atoms with Crippen LogP contribution < -0.4 is 15.8 Å². The maximum absolute atomic E-state index is 13.5. The molecule has 4 rings (SSSR count). The van der Waals surface area contributed by atoms with Gasteiger partial charge in [-0.05, 0) is 41.7 Å². The minimum absolute atomic E-state index is 0.0663. The highest BCUT2D eigenvalue weighted by Gasteiger charge is 2.44. The monoisotopic (exact) mass is 493 g/mol. The molecule has 0 saturated carbocycles. The lowest BCUT2D eigenvalue weighted by atomic mass is 9.68. The number of allylic oxidation sites excluding steroid dienone is 3. The SMILES string of the molecule is CC1(C)CC(=O)C2=C(C1)N(c1ccc(S(N)(=O)=O)cc1)C(N)=C(C#N)[C@@H]2c1cccc([N+](=O)[O-])c1. The van der Waals surface area contributed by atoms with Crippen LogP contribution in [-0.2, 0) is 14.8 Å². The van der Waals surface area contributed by atoms with Crippen molar-refractivity contribution in [2.24, 2.45) is 16.3 Å². The zero-order chi connectivity index (χ0) is 25.7. The molecular weight excluding hydrogens is 470 g/mol. The molecule has 1 heterocycles. The van der Waals surface area contributed by atoms with E-state index in [1.165, 1.54) is 42.5 Å². The summed E-state index contributed by atoms with van der Waals surface area (Å²) in [6.07, 6.45) is 0.671. The summed E-state index contributed by atoms with van der Waals surface area (Å²) in [5.74, 6) is -0.978. The van der Waals surface area contributed by atoms with Crippen molar-refractivity contribution in [3.63, 3.8) is 0 Å². The minimum atomic E-state index is -3.92. The quantitative estimate of drug-likeness (QED) is 0.482. The first-order valence-corrected chi connectivity index (χ1v) is 12.2. The Morgan fingerprint density at radius 3 is 2.40 bits per heavy atom. The molecule has 35 heavy (non-hydrogen) atoms. The summed E-state index contributed by atoms with van der Waals surface area (Å²) in [6.45, 7) is 3.89. The van der Waals surface area contributed by atoms with Crippen LogP contribution in [0.5, 0.6) is 0 Å². The van der Waals surface area contributed by atoms with Gasteiger partial charge in [-0.1, -0.05) is 26.0 Å². The highest BCUT2D eigenvalue weighted by molar-refractivity contribution is 7.89. The Bertz CT molecular complexity index is 1470. The summed E-state index contributed by atoms with van der Waals surface area (Å²) < 4.78 is 23.4. The number of nitrogens with two attached hydrogens (primary N) is 2. The number of primary sulfonamides is 1. The van der Waals surface area contributed by atoms with Crippen LogP contribution >= 0.6 is 0 Å². The van der Waals surface area contributed by atoms with Gasteiger partial charge >= 0.3 is 0 Å². The Kier molecular flexibility index (Phi) is 5.75. The Hall–Kier alpha value is -4.01. The van der Waals surface area contributed by atoms with E-state index in [-0.39, 0.29) is 34.2 Å². The second kappa shape index (κ2) is 8.33. The second-order valence-corrected chi connectivity index (χ2v) is 10.9. The first kappa shape index (κ1) is 24.1.